The Labute approximate surface area is 112 Å². The number of primary amides is 1. The number of hydrogen-bond donors (Lipinski definition) is 2. The zero-order valence-electron chi connectivity index (χ0n) is 11.0. The van der Waals surface area contributed by atoms with Gasteiger partial charge in [0.25, 0.3) is 5.91 Å². The third-order valence-corrected chi connectivity index (χ3v) is 3.64. The summed E-state index contributed by atoms with van der Waals surface area (Å²) >= 11 is 1.79. The lowest BCUT2D eigenvalue weighted by Crippen LogP contribution is -2.34. The highest BCUT2D eigenvalue weighted by Gasteiger charge is 2.16. The summed E-state index contributed by atoms with van der Waals surface area (Å²) in [5.41, 5.74) is 11.6. The van der Waals surface area contributed by atoms with E-state index in [2.05, 4.69) is 23.1 Å². The molecule has 1 amide bonds. The van der Waals surface area contributed by atoms with Gasteiger partial charge in [-0.25, -0.2) is 4.98 Å². The van der Waals surface area contributed by atoms with E-state index in [1.54, 1.807) is 17.8 Å². The van der Waals surface area contributed by atoms with Crippen molar-refractivity contribution in [2.45, 2.75) is 19.4 Å². The first kappa shape index (κ1) is 14.6. The molecule has 6 heteroatoms. The number of amides is 1. The molecule has 18 heavy (non-hydrogen) atoms. The lowest BCUT2D eigenvalue weighted by molar-refractivity contribution is 0.100. The second-order valence-electron chi connectivity index (χ2n) is 4.12. The maximum absolute atomic E-state index is 11.3. The summed E-state index contributed by atoms with van der Waals surface area (Å²) in [5, 5.41) is 0. The summed E-state index contributed by atoms with van der Waals surface area (Å²) in [6.07, 6.45) is 4.56. The molecule has 0 saturated heterocycles. The first-order chi connectivity index (χ1) is 8.51. The molecule has 5 nitrogen and oxygen atoms in total. The number of rotatable bonds is 6. The van der Waals surface area contributed by atoms with Gasteiger partial charge in [0.05, 0.1) is 17.4 Å². The Balaban J connectivity index is 3.02. The molecule has 4 N–H and O–H groups in total. The summed E-state index contributed by atoms with van der Waals surface area (Å²) in [4.78, 5) is 17.6. The van der Waals surface area contributed by atoms with E-state index in [1.165, 1.54) is 6.20 Å². The van der Waals surface area contributed by atoms with E-state index in [0.29, 0.717) is 17.3 Å². The minimum atomic E-state index is -0.525. The number of nitrogen functional groups attached to an aromatic ring is 1. The Morgan fingerprint density at radius 3 is 2.78 bits per heavy atom. The van der Waals surface area contributed by atoms with Crippen LogP contribution >= 0.6 is 11.8 Å². The van der Waals surface area contributed by atoms with Crippen LogP contribution in [0.1, 0.15) is 23.7 Å². The third-order valence-electron chi connectivity index (χ3n) is 2.93. The third kappa shape index (κ3) is 3.29. The van der Waals surface area contributed by atoms with Crippen molar-refractivity contribution in [3.05, 3.63) is 17.8 Å². The topological polar surface area (TPSA) is 85.2 Å². The molecule has 0 aliphatic rings. The molecule has 1 heterocycles. The largest absolute Gasteiger partial charge is 0.397 e. The Morgan fingerprint density at radius 2 is 2.28 bits per heavy atom. The molecule has 1 unspecified atom stereocenters. The van der Waals surface area contributed by atoms with Crippen molar-refractivity contribution >= 4 is 29.2 Å². The van der Waals surface area contributed by atoms with Crippen molar-refractivity contribution in [3.63, 3.8) is 0 Å². The van der Waals surface area contributed by atoms with Gasteiger partial charge in [0, 0.05) is 18.8 Å². The van der Waals surface area contributed by atoms with E-state index < -0.39 is 5.91 Å². The second-order valence-corrected chi connectivity index (χ2v) is 5.03. The number of nitrogens with zero attached hydrogens (tertiary/aromatic N) is 2. The van der Waals surface area contributed by atoms with Gasteiger partial charge in [0.1, 0.15) is 5.82 Å². The number of pyridine rings is 1. The monoisotopic (exact) mass is 268 g/mol. The summed E-state index contributed by atoms with van der Waals surface area (Å²) in [6, 6.07) is 2.03. The van der Waals surface area contributed by atoms with Crippen LogP contribution in [0.4, 0.5) is 11.5 Å². The molecule has 0 fully saturated rings. The number of carbonyl (C=O) groups excluding carboxylic acids is 1. The molecule has 1 aromatic heterocycles. The predicted molar refractivity (Wildman–Crippen MR) is 78.0 cm³/mol. The highest BCUT2D eigenvalue weighted by molar-refractivity contribution is 7.98. The van der Waals surface area contributed by atoms with Gasteiger partial charge in [0.15, 0.2) is 0 Å². The van der Waals surface area contributed by atoms with E-state index >= 15 is 0 Å². The maximum atomic E-state index is 11.3. The summed E-state index contributed by atoms with van der Waals surface area (Å²) in [6.45, 7) is 2.13. The number of thioether (sulfide) groups is 1. The zero-order valence-corrected chi connectivity index (χ0v) is 11.8. The molecule has 100 valence electrons. The molecular formula is C12H20N4OS. The first-order valence-electron chi connectivity index (χ1n) is 5.78. The van der Waals surface area contributed by atoms with Crippen molar-refractivity contribution in [1.82, 2.24) is 4.98 Å². The van der Waals surface area contributed by atoms with Gasteiger partial charge in [-0.2, -0.15) is 11.8 Å². The van der Waals surface area contributed by atoms with Crippen LogP contribution in [-0.2, 0) is 0 Å². The highest BCUT2D eigenvalue weighted by atomic mass is 32.2. The predicted octanol–water partition coefficient (Wildman–Crippen LogP) is 1.34. The van der Waals surface area contributed by atoms with Gasteiger partial charge in [-0.3, -0.25) is 4.79 Å². The van der Waals surface area contributed by atoms with Crippen molar-refractivity contribution in [1.29, 1.82) is 0 Å². The van der Waals surface area contributed by atoms with Crippen molar-refractivity contribution in [3.8, 4) is 0 Å². The zero-order chi connectivity index (χ0) is 13.7. The molecule has 1 aromatic rings. The fourth-order valence-electron chi connectivity index (χ4n) is 1.74. The van der Waals surface area contributed by atoms with E-state index in [9.17, 15) is 4.79 Å². The maximum Gasteiger partial charge on any atom is 0.250 e. The standard InChI is InChI=1S/C12H20N4OS/c1-4-8(7-18-3)16(2)11-5-9(12(14)17)10(13)6-15-11/h5-6,8H,4,7,13H2,1-3H3,(H2,14,17). The van der Waals surface area contributed by atoms with Crippen LogP contribution in [0.25, 0.3) is 0 Å². The van der Waals surface area contributed by atoms with Gasteiger partial charge < -0.3 is 16.4 Å². The van der Waals surface area contributed by atoms with Crippen LogP contribution in [0.5, 0.6) is 0 Å². The second kappa shape index (κ2) is 6.49. The molecule has 0 aromatic carbocycles. The number of nitrogens with two attached hydrogens (primary N) is 2. The van der Waals surface area contributed by atoms with Crippen LogP contribution in [0, 0.1) is 0 Å². The van der Waals surface area contributed by atoms with Crippen LogP contribution < -0.4 is 16.4 Å². The molecule has 0 bridgehead atoms. The Morgan fingerprint density at radius 1 is 1.61 bits per heavy atom. The lowest BCUT2D eigenvalue weighted by atomic mass is 10.2. The Bertz CT molecular complexity index is 425. The summed E-state index contributed by atoms with van der Waals surface area (Å²) in [5.74, 6) is 1.20. The fraction of sp³-hybridized carbons (Fsp3) is 0.500. The van der Waals surface area contributed by atoms with E-state index in [-0.39, 0.29) is 0 Å². The molecule has 0 radical (unpaired) electrons. The number of hydrogen-bond acceptors (Lipinski definition) is 5. The van der Waals surface area contributed by atoms with E-state index in [1.807, 2.05) is 7.05 Å². The smallest absolute Gasteiger partial charge is 0.250 e. The van der Waals surface area contributed by atoms with Gasteiger partial charge in [-0.15, -0.1) is 0 Å². The van der Waals surface area contributed by atoms with Gasteiger partial charge >= 0.3 is 0 Å². The number of anilines is 2. The van der Waals surface area contributed by atoms with Crippen molar-refractivity contribution in [2.75, 3.05) is 29.7 Å². The minimum Gasteiger partial charge on any atom is -0.397 e. The van der Waals surface area contributed by atoms with Crippen molar-refractivity contribution < 1.29 is 4.79 Å². The van der Waals surface area contributed by atoms with Crippen LogP contribution in [0.2, 0.25) is 0 Å². The molecular weight excluding hydrogens is 248 g/mol. The molecule has 0 aliphatic carbocycles. The van der Waals surface area contributed by atoms with Gasteiger partial charge in [-0.05, 0) is 18.7 Å². The summed E-state index contributed by atoms with van der Waals surface area (Å²) in [7, 11) is 1.97. The number of aromatic nitrogens is 1. The number of carbonyl (C=O) groups is 1. The molecule has 0 spiro atoms. The first-order valence-corrected chi connectivity index (χ1v) is 7.17. The van der Waals surface area contributed by atoms with E-state index in [4.69, 9.17) is 11.5 Å². The minimum absolute atomic E-state index is 0.317. The quantitative estimate of drug-likeness (QED) is 0.813. The fourth-order valence-corrected chi connectivity index (χ4v) is 2.59. The Kier molecular flexibility index (Phi) is 5.27. The van der Waals surface area contributed by atoms with Crippen molar-refractivity contribution in [2.24, 2.45) is 5.73 Å². The lowest BCUT2D eigenvalue weighted by Gasteiger charge is -2.28. The SMILES string of the molecule is CCC(CSC)N(C)c1cc(C(N)=O)c(N)cn1. The molecule has 0 saturated carbocycles. The highest BCUT2D eigenvalue weighted by Crippen LogP contribution is 2.20. The summed E-state index contributed by atoms with van der Waals surface area (Å²) < 4.78 is 0. The van der Waals surface area contributed by atoms with Gasteiger partial charge in [-0.1, -0.05) is 6.92 Å². The molecule has 1 rings (SSSR count). The average Bonchev–Trinajstić information content (AvgIpc) is 2.35. The van der Waals surface area contributed by atoms with Gasteiger partial charge in [0.2, 0.25) is 0 Å². The van der Waals surface area contributed by atoms with Crippen LogP contribution in [-0.4, -0.2) is 36.0 Å². The molecule has 1 atom stereocenters. The van der Waals surface area contributed by atoms with E-state index in [0.717, 1.165) is 18.0 Å². The van der Waals surface area contributed by atoms with Crippen LogP contribution in [0.3, 0.4) is 0 Å². The normalized spacial score (nSPS) is 12.2. The Hall–Kier alpha value is -1.43. The average molecular weight is 268 g/mol. The van der Waals surface area contributed by atoms with Crippen LogP contribution in [0.15, 0.2) is 12.3 Å². The molecule has 0 aliphatic heterocycles.